The maximum atomic E-state index is 13.2. The van der Waals surface area contributed by atoms with Gasteiger partial charge in [0.2, 0.25) is 0 Å². The molecule has 6 heteroatoms. The second-order valence-corrected chi connectivity index (χ2v) is 7.97. The fourth-order valence-corrected chi connectivity index (χ4v) is 3.93. The number of benzene rings is 3. The van der Waals surface area contributed by atoms with Crippen molar-refractivity contribution in [2.24, 2.45) is 0 Å². The summed E-state index contributed by atoms with van der Waals surface area (Å²) in [5.74, 6) is -1.03. The van der Waals surface area contributed by atoms with Gasteiger partial charge in [0, 0.05) is 11.3 Å². The number of ketones is 1. The molecule has 0 aliphatic carbocycles. The number of hydrogen-bond donors (Lipinski definition) is 2. The van der Waals surface area contributed by atoms with Gasteiger partial charge in [0.05, 0.1) is 18.2 Å². The molecule has 4 rings (SSSR count). The van der Waals surface area contributed by atoms with Crippen LogP contribution in [-0.4, -0.2) is 28.5 Å². The summed E-state index contributed by atoms with van der Waals surface area (Å²) >= 11 is 0. The van der Waals surface area contributed by atoms with Crippen molar-refractivity contribution in [2.45, 2.75) is 26.3 Å². The first-order valence-electron chi connectivity index (χ1n) is 10.8. The van der Waals surface area contributed by atoms with Gasteiger partial charge in [0.15, 0.2) is 0 Å². The highest BCUT2D eigenvalue weighted by Gasteiger charge is 2.47. The third kappa shape index (κ3) is 4.32. The van der Waals surface area contributed by atoms with E-state index in [1.54, 1.807) is 42.5 Å². The number of hydrogen-bond acceptors (Lipinski definition) is 5. The maximum absolute atomic E-state index is 13.2. The Kier molecular flexibility index (Phi) is 6.18. The molecule has 1 saturated heterocycles. The highest BCUT2D eigenvalue weighted by atomic mass is 16.5. The molecule has 1 aliphatic rings. The molecule has 3 aromatic rings. The Labute approximate surface area is 192 Å². The molecule has 1 amide bonds. The number of nitrogens with zero attached hydrogens (tertiary/aromatic N) is 1. The molecule has 0 aromatic heterocycles. The number of anilines is 1. The van der Waals surface area contributed by atoms with Gasteiger partial charge < -0.3 is 14.9 Å². The van der Waals surface area contributed by atoms with Crippen LogP contribution in [0.15, 0.2) is 78.4 Å². The van der Waals surface area contributed by atoms with Gasteiger partial charge in [-0.1, -0.05) is 31.2 Å². The molecule has 1 atom stereocenters. The number of Topliss-reactive ketones (excluding diaryl/α,β-unsaturated/α-hetero) is 1. The van der Waals surface area contributed by atoms with E-state index in [-0.39, 0.29) is 17.1 Å². The molecule has 1 heterocycles. The molecule has 0 bridgehead atoms. The minimum Gasteiger partial charge on any atom is -0.508 e. The number of carbonyl (C=O) groups is 2. The minimum atomic E-state index is -0.844. The number of ether oxygens (including phenoxy) is 1. The Hall–Kier alpha value is -4.06. The van der Waals surface area contributed by atoms with E-state index in [0.717, 1.165) is 12.0 Å². The number of aromatic hydroxyl groups is 1. The van der Waals surface area contributed by atoms with Crippen LogP contribution in [0.5, 0.6) is 11.5 Å². The standard InChI is InChI=1S/C27H25NO5/c1-3-15-33-22-13-9-19(10-14-22)25(30)23-24(18-7-11-21(29)12-8-18)28(27(32)26(23)31)20-6-4-5-17(2)16-20/h4-14,16,24,29-30H,3,15H2,1-2H3/b25-23+. The number of phenolic OH excluding ortho intramolecular Hbond substituents is 1. The van der Waals surface area contributed by atoms with Gasteiger partial charge in [-0.3, -0.25) is 14.5 Å². The number of aryl methyl sites for hydroxylation is 1. The highest BCUT2D eigenvalue weighted by molar-refractivity contribution is 6.51. The predicted molar refractivity (Wildman–Crippen MR) is 126 cm³/mol. The average Bonchev–Trinajstić information content (AvgIpc) is 3.08. The molecule has 0 saturated carbocycles. The van der Waals surface area contributed by atoms with Gasteiger partial charge in [-0.05, 0) is 73.0 Å². The van der Waals surface area contributed by atoms with E-state index in [9.17, 15) is 19.8 Å². The average molecular weight is 443 g/mol. The van der Waals surface area contributed by atoms with E-state index in [0.29, 0.717) is 29.2 Å². The number of amides is 1. The van der Waals surface area contributed by atoms with Gasteiger partial charge in [0.25, 0.3) is 11.7 Å². The van der Waals surface area contributed by atoms with Crippen molar-refractivity contribution in [2.75, 3.05) is 11.5 Å². The monoisotopic (exact) mass is 443 g/mol. The molecular weight excluding hydrogens is 418 g/mol. The van der Waals surface area contributed by atoms with Gasteiger partial charge in [-0.2, -0.15) is 0 Å². The third-order valence-corrected chi connectivity index (χ3v) is 5.53. The van der Waals surface area contributed by atoms with Crippen LogP contribution in [0.4, 0.5) is 5.69 Å². The molecule has 2 N–H and O–H groups in total. The first kappa shape index (κ1) is 22.1. The molecule has 1 aliphatic heterocycles. The summed E-state index contributed by atoms with van der Waals surface area (Å²) in [6, 6.07) is 19.5. The Bertz CT molecular complexity index is 1210. The lowest BCUT2D eigenvalue weighted by atomic mass is 9.95. The van der Waals surface area contributed by atoms with Crippen LogP contribution in [0.25, 0.3) is 5.76 Å². The second kappa shape index (κ2) is 9.20. The Morgan fingerprint density at radius 1 is 1.00 bits per heavy atom. The van der Waals surface area contributed by atoms with E-state index < -0.39 is 17.7 Å². The predicted octanol–water partition coefficient (Wildman–Crippen LogP) is 5.12. The maximum Gasteiger partial charge on any atom is 0.300 e. The van der Waals surface area contributed by atoms with Crippen molar-refractivity contribution in [1.82, 2.24) is 0 Å². The summed E-state index contributed by atoms with van der Waals surface area (Å²) in [7, 11) is 0. The fraction of sp³-hybridized carbons (Fsp3) is 0.185. The number of aliphatic hydroxyl groups is 1. The highest BCUT2D eigenvalue weighted by Crippen LogP contribution is 2.42. The first-order chi connectivity index (χ1) is 15.9. The van der Waals surface area contributed by atoms with Gasteiger partial charge in [0.1, 0.15) is 17.3 Å². The van der Waals surface area contributed by atoms with E-state index in [4.69, 9.17) is 4.74 Å². The van der Waals surface area contributed by atoms with E-state index in [2.05, 4.69) is 0 Å². The van der Waals surface area contributed by atoms with Crippen LogP contribution < -0.4 is 9.64 Å². The summed E-state index contributed by atoms with van der Waals surface area (Å²) in [6.45, 7) is 4.49. The smallest absolute Gasteiger partial charge is 0.300 e. The summed E-state index contributed by atoms with van der Waals surface area (Å²) in [5.41, 5.74) is 2.48. The number of carbonyl (C=O) groups excluding carboxylic acids is 2. The Morgan fingerprint density at radius 2 is 1.70 bits per heavy atom. The van der Waals surface area contributed by atoms with Gasteiger partial charge in [-0.15, -0.1) is 0 Å². The Balaban J connectivity index is 1.85. The number of rotatable bonds is 6. The molecule has 1 unspecified atom stereocenters. The third-order valence-electron chi connectivity index (χ3n) is 5.53. The normalized spacial score (nSPS) is 17.4. The SMILES string of the molecule is CCCOc1ccc(/C(O)=C2\C(=O)C(=O)N(c3cccc(C)c3)C2c2ccc(O)cc2)cc1. The van der Waals surface area contributed by atoms with Crippen molar-refractivity contribution in [3.63, 3.8) is 0 Å². The van der Waals surface area contributed by atoms with E-state index >= 15 is 0 Å². The summed E-state index contributed by atoms with van der Waals surface area (Å²) in [4.78, 5) is 27.7. The number of phenols is 1. The lowest BCUT2D eigenvalue weighted by Crippen LogP contribution is -2.29. The molecule has 33 heavy (non-hydrogen) atoms. The van der Waals surface area contributed by atoms with Gasteiger partial charge >= 0.3 is 0 Å². The van der Waals surface area contributed by atoms with Crippen LogP contribution in [-0.2, 0) is 9.59 Å². The van der Waals surface area contributed by atoms with Gasteiger partial charge in [-0.25, -0.2) is 0 Å². The van der Waals surface area contributed by atoms with Crippen LogP contribution in [0, 0.1) is 6.92 Å². The lowest BCUT2D eigenvalue weighted by molar-refractivity contribution is -0.132. The topological polar surface area (TPSA) is 87.1 Å². The zero-order valence-electron chi connectivity index (χ0n) is 18.5. The quantitative estimate of drug-likeness (QED) is 0.314. The first-order valence-corrected chi connectivity index (χ1v) is 10.8. The minimum absolute atomic E-state index is 0.00516. The molecule has 6 nitrogen and oxygen atoms in total. The summed E-state index contributed by atoms with van der Waals surface area (Å²) in [5, 5.41) is 20.9. The van der Waals surface area contributed by atoms with Crippen molar-refractivity contribution in [3.8, 4) is 11.5 Å². The van der Waals surface area contributed by atoms with Crippen LogP contribution in [0.2, 0.25) is 0 Å². The summed E-state index contributed by atoms with van der Waals surface area (Å²) in [6.07, 6.45) is 0.872. The summed E-state index contributed by atoms with van der Waals surface area (Å²) < 4.78 is 5.59. The van der Waals surface area contributed by atoms with E-state index in [1.165, 1.54) is 17.0 Å². The van der Waals surface area contributed by atoms with Crippen LogP contribution in [0.1, 0.15) is 36.1 Å². The zero-order valence-corrected chi connectivity index (χ0v) is 18.5. The lowest BCUT2D eigenvalue weighted by Gasteiger charge is -2.25. The molecule has 0 spiro atoms. The van der Waals surface area contributed by atoms with Crippen LogP contribution >= 0.6 is 0 Å². The second-order valence-electron chi connectivity index (χ2n) is 7.97. The molecule has 0 radical (unpaired) electrons. The Morgan fingerprint density at radius 3 is 2.33 bits per heavy atom. The molecule has 3 aromatic carbocycles. The van der Waals surface area contributed by atoms with E-state index in [1.807, 2.05) is 32.0 Å². The van der Waals surface area contributed by atoms with Crippen molar-refractivity contribution in [1.29, 1.82) is 0 Å². The van der Waals surface area contributed by atoms with Crippen molar-refractivity contribution >= 4 is 23.1 Å². The fourth-order valence-electron chi connectivity index (χ4n) is 3.93. The largest absolute Gasteiger partial charge is 0.508 e. The van der Waals surface area contributed by atoms with Crippen molar-refractivity contribution in [3.05, 3.63) is 95.1 Å². The molecular formula is C27H25NO5. The molecule has 1 fully saturated rings. The van der Waals surface area contributed by atoms with Crippen LogP contribution in [0.3, 0.4) is 0 Å². The number of aliphatic hydroxyl groups excluding tert-OH is 1. The van der Waals surface area contributed by atoms with Crippen molar-refractivity contribution < 1.29 is 24.5 Å². The zero-order chi connectivity index (χ0) is 23.5. The molecule has 168 valence electrons.